The van der Waals surface area contributed by atoms with Crippen LogP contribution in [-0.2, 0) is 25.7 Å². The van der Waals surface area contributed by atoms with E-state index in [1.54, 1.807) is 30.0 Å². The van der Waals surface area contributed by atoms with Gasteiger partial charge in [-0.3, -0.25) is 24.0 Å². The molecule has 23 nitrogen and oxygen atoms in total. The van der Waals surface area contributed by atoms with Crippen LogP contribution in [0.2, 0.25) is 0 Å². The molecule has 9 aromatic rings. The number of amides is 4. The van der Waals surface area contributed by atoms with Crippen molar-refractivity contribution in [1.29, 1.82) is 10.5 Å². The molecule has 0 radical (unpaired) electrons. The van der Waals surface area contributed by atoms with Crippen molar-refractivity contribution in [1.82, 2.24) is 19.5 Å². The highest BCUT2D eigenvalue weighted by Crippen LogP contribution is 2.36. The molecule has 2 N–H and O–H groups in total. The van der Waals surface area contributed by atoms with Crippen LogP contribution in [0.3, 0.4) is 0 Å². The minimum Gasteiger partial charge on any atom is -0.378 e. The van der Waals surface area contributed by atoms with Gasteiger partial charge in [0, 0.05) is 129 Å². The second kappa shape index (κ2) is 38.9. The van der Waals surface area contributed by atoms with E-state index < -0.39 is 5.91 Å². The number of amidine groups is 2. The Balaban J connectivity index is 0.000000170. The van der Waals surface area contributed by atoms with Crippen molar-refractivity contribution in [2.45, 2.75) is 55.0 Å². The van der Waals surface area contributed by atoms with Crippen LogP contribution in [0, 0.1) is 29.6 Å². The number of aryl methyl sites for hydroxylation is 1. The third-order valence-electron chi connectivity index (χ3n) is 18.0. The van der Waals surface area contributed by atoms with E-state index in [0.29, 0.717) is 78.5 Å². The number of hydrogen-bond donors (Lipinski definition) is 2. The number of allylic oxidation sites excluding steroid dienone is 2. The number of Topliss-reactive ketones (excluding diaryl/α,β-unsaturated/α-hetero) is 1. The summed E-state index contributed by atoms with van der Waals surface area (Å²) in [6.07, 6.45) is 3.48. The molecular formula is C87H92N18O5S. The second-order valence-corrected chi connectivity index (χ2v) is 26.8. The van der Waals surface area contributed by atoms with Crippen LogP contribution >= 0.6 is 11.5 Å². The van der Waals surface area contributed by atoms with Crippen LogP contribution in [0.15, 0.2) is 254 Å². The number of nitriles is 2. The van der Waals surface area contributed by atoms with E-state index in [-0.39, 0.29) is 29.1 Å². The summed E-state index contributed by atoms with van der Waals surface area (Å²) in [7, 11) is 12.8. The lowest BCUT2D eigenvalue weighted by Crippen LogP contribution is -2.29. The first kappa shape index (κ1) is 81.6. The molecule has 12 rings (SSSR count). The molecule has 3 heterocycles. The number of rotatable bonds is 20. The molecule has 0 bridgehead atoms. The van der Waals surface area contributed by atoms with Crippen molar-refractivity contribution in [3.8, 4) is 12.1 Å². The molecule has 3 aliphatic rings. The maximum absolute atomic E-state index is 13.1. The van der Waals surface area contributed by atoms with E-state index in [1.807, 2.05) is 228 Å². The van der Waals surface area contributed by atoms with Crippen LogP contribution in [0.5, 0.6) is 0 Å². The minimum atomic E-state index is -0.404. The molecule has 0 saturated heterocycles. The number of nitrogens with one attached hydrogen (secondary N) is 2. The lowest BCUT2D eigenvalue weighted by Gasteiger charge is -2.24. The molecule has 1 aliphatic carbocycles. The number of benzene rings is 8. The van der Waals surface area contributed by atoms with E-state index >= 15 is 0 Å². The monoisotopic (exact) mass is 1500 g/mol. The van der Waals surface area contributed by atoms with E-state index in [0.717, 1.165) is 90.4 Å². The Hall–Kier alpha value is -13.5. The Morgan fingerprint density at radius 1 is 0.577 bits per heavy atom. The summed E-state index contributed by atoms with van der Waals surface area (Å²) in [6, 6.07) is 70.0. The van der Waals surface area contributed by atoms with E-state index in [9.17, 15) is 34.5 Å². The van der Waals surface area contributed by atoms with Gasteiger partial charge in [-0.1, -0.05) is 115 Å². The van der Waals surface area contributed by atoms with Crippen LogP contribution < -0.4 is 40.3 Å². The molecule has 2 aliphatic heterocycles. The van der Waals surface area contributed by atoms with Crippen molar-refractivity contribution in [3.63, 3.8) is 0 Å². The number of carbonyl (C=O) groups is 5. The van der Waals surface area contributed by atoms with Gasteiger partial charge in [-0.2, -0.15) is 24.9 Å². The van der Waals surface area contributed by atoms with Crippen molar-refractivity contribution in [2.24, 2.45) is 25.4 Å². The highest BCUT2D eigenvalue weighted by Gasteiger charge is 2.37. The molecule has 1 aromatic heterocycles. The molecule has 0 atom stereocenters. The Morgan fingerprint density at radius 2 is 1.09 bits per heavy atom. The highest BCUT2D eigenvalue weighted by molar-refractivity contribution is 7.10. The fourth-order valence-electron chi connectivity index (χ4n) is 12.1. The maximum Gasteiger partial charge on any atom is 0.283 e. The molecule has 0 fully saturated rings. The third-order valence-corrected chi connectivity index (χ3v) is 18.9. The molecule has 0 unspecified atom stereocenters. The number of nitrogens with zero attached hydrogens (tertiary/aromatic N) is 16. The average molecular weight is 1500 g/mol. The number of hydrogen-bond acceptors (Lipinski definition) is 20. The number of likely N-dealkylation sites (N-methyl/N-ethyl adjacent to an activating group) is 3. The summed E-state index contributed by atoms with van der Waals surface area (Å²) in [5.74, 6) is -0.162. The van der Waals surface area contributed by atoms with Crippen LogP contribution in [-0.4, -0.2) is 143 Å². The number of hydrazone groups is 2. The first-order chi connectivity index (χ1) is 53.6. The van der Waals surface area contributed by atoms with Crippen molar-refractivity contribution < 1.29 is 24.0 Å². The first-order valence-electron chi connectivity index (χ1n) is 36.4. The van der Waals surface area contributed by atoms with Gasteiger partial charge in [0.2, 0.25) is 5.91 Å². The Labute approximate surface area is 654 Å². The van der Waals surface area contributed by atoms with Crippen LogP contribution in [0.1, 0.15) is 85.4 Å². The average Bonchev–Trinajstić information content (AvgIpc) is 1.73. The summed E-state index contributed by atoms with van der Waals surface area (Å²) in [6.45, 7) is 19.2. The molecule has 24 heteroatoms. The third kappa shape index (κ3) is 20.2. The van der Waals surface area contributed by atoms with Gasteiger partial charge >= 0.3 is 0 Å². The van der Waals surface area contributed by atoms with Gasteiger partial charge in [0.05, 0.1) is 50.9 Å². The Morgan fingerprint density at radius 3 is 1.61 bits per heavy atom. The number of fused-ring (bicyclic) bond motifs is 1. The van der Waals surface area contributed by atoms with E-state index in [2.05, 4.69) is 121 Å². The van der Waals surface area contributed by atoms with Gasteiger partial charge in [-0.15, -0.1) is 20.4 Å². The lowest BCUT2D eigenvalue weighted by atomic mass is 9.88. The number of aromatic nitrogens is 1. The van der Waals surface area contributed by atoms with E-state index in [4.69, 9.17) is 4.99 Å². The summed E-state index contributed by atoms with van der Waals surface area (Å²) in [5, 5.41) is 45.2. The zero-order valence-corrected chi connectivity index (χ0v) is 65.9. The molecule has 8 aromatic carbocycles. The second-order valence-electron chi connectivity index (χ2n) is 26.0. The Bertz CT molecular complexity index is 5100. The van der Waals surface area contributed by atoms with Gasteiger partial charge < -0.3 is 40.0 Å². The molecule has 4 amide bonds. The van der Waals surface area contributed by atoms with Gasteiger partial charge in [0.15, 0.2) is 22.5 Å². The standard InChI is InChI=1S/C22H22N6OS.C22H26N4O.C22H23N3O2.C21H21N5O/c1-4-28(14-17-8-6-5-7-9-17)18-10-11-20(21(12-18)24-16(3)29)25-26-22-19(13-23)15(2)27-30-22;1-5-25(6-2)18-14-12-17(13-15-18)16-20-21(24(3)4)23-26(22(20)27)19-10-8-7-9-11-19;1-4-25(5-2)16-12-10-15(11-13-16)24-20-14-19(22(27)23-3)21(26)18-9-7-6-8-17(18)20;1-24(2)16-12-10-15(11-13-16)18(14-22)19-20(25(3)4)23-26(21(19)27)17-8-6-5-7-9-17/h5-12H,4,14H2,1-3H3,(H,24,29);7-16H,5-6H2,1-4H3;6-14H,4-5H2,1-3H3,(H,23,27);5-13H,1-4H3/b;20-16+;;19-18+. The molecule has 0 spiro atoms. The highest BCUT2D eigenvalue weighted by atomic mass is 32.1. The summed E-state index contributed by atoms with van der Waals surface area (Å²) in [5.41, 5.74) is 14.7. The number of para-hydroxylation sites is 2. The minimum absolute atomic E-state index is 0.106. The zero-order valence-electron chi connectivity index (χ0n) is 65.1. The molecule has 566 valence electrons. The number of aliphatic imine (C=N–C) groups is 1. The zero-order chi connectivity index (χ0) is 79.8. The topological polar surface area (TPSA) is 258 Å². The van der Waals surface area contributed by atoms with Gasteiger partial charge in [-0.25, -0.2) is 4.99 Å². The first-order valence-corrected chi connectivity index (χ1v) is 37.2. The van der Waals surface area contributed by atoms with Crippen LogP contribution in [0.25, 0.3) is 11.6 Å². The maximum atomic E-state index is 13.1. The van der Waals surface area contributed by atoms with Gasteiger partial charge in [-0.05, 0) is 173 Å². The fourth-order valence-corrected chi connectivity index (χ4v) is 12.8. The summed E-state index contributed by atoms with van der Waals surface area (Å²) < 4.78 is 4.15. The van der Waals surface area contributed by atoms with Crippen molar-refractivity contribution in [2.75, 3.05) is 117 Å². The molecular weight excluding hydrogens is 1410 g/mol. The largest absolute Gasteiger partial charge is 0.378 e. The summed E-state index contributed by atoms with van der Waals surface area (Å²) in [4.78, 5) is 79.7. The predicted molar refractivity (Wildman–Crippen MR) is 450 cm³/mol. The number of azo groups is 1. The van der Waals surface area contributed by atoms with Gasteiger partial charge in [0.25, 0.3) is 17.7 Å². The van der Waals surface area contributed by atoms with Crippen molar-refractivity contribution in [3.05, 3.63) is 268 Å². The number of anilines is 7. The van der Waals surface area contributed by atoms with Crippen LogP contribution in [0.4, 0.5) is 56.2 Å². The SMILES string of the molecule is CCN(CC)c1ccc(/C=C2/C(=O)N(c3ccccc3)N=C2N(C)C)cc1.CCN(CC)c1ccc(N=C2C=C(C(=O)NC)C(=O)c3ccccc32)cc1.CCN(Cc1ccccc1)c1ccc(N=Nc2snc(C)c2C#N)c(NC(C)=O)c1.CN(C)C1=NN(c2ccccc2)C(=O)/C1=C(\C#N)c1ccc(N(C)C)cc1. The van der Waals surface area contributed by atoms with Gasteiger partial charge in [0.1, 0.15) is 29.0 Å². The number of ketones is 1. The fraction of sp³-hybridized carbons (Fsp3) is 0.230. The normalized spacial score (nSPS) is 13.9. The van der Waals surface area contributed by atoms with E-state index in [1.165, 1.54) is 35.2 Å². The Kier molecular flexibility index (Phi) is 28.6. The number of carbonyl (C=O) groups excluding carboxylic acids is 5. The quantitative estimate of drug-likeness (QED) is 0.0311. The predicted octanol–water partition coefficient (Wildman–Crippen LogP) is 16.0. The lowest BCUT2D eigenvalue weighted by molar-refractivity contribution is -0.117. The molecule has 0 saturated carbocycles. The summed E-state index contributed by atoms with van der Waals surface area (Å²) >= 11 is 1.12. The van der Waals surface area contributed by atoms with Crippen molar-refractivity contribution >= 4 is 126 Å². The smallest absolute Gasteiger partial charge is 0.283 e. The molecule has 111 heavy (non-hydrogen) atoms.